The second-order valence-electron chi connectivity index (χ2n) is 2.95. The molecule has 0 aromatic rings. The molecule has 0 aromatic heterocycles. The first kappa shape index (κ1) is 9.44. The summed E-state index contributed by atoms with van der Waals surface area (Å²) in [6.45, 7) is 11.6. The summed E-state index contributed by atoms with van der Waals surface area (Å²) in [6.07, 6.45) is 1.98. The molecule has 2 N–H and O–H groups in total. The molecule has 0 aromatic carbocycles. The Morgan fingerprint density at radius 1 is 1.40 bits per heavy atom. The van der Waals surface area contributed by atoms with Gasteiger partial charge in [-0.05, 0) is 26.7 Å². The van der Waals surface area contributed by atoms with Gasteiger partial charge in [0.05, 0.1) is 0 Å². The molecule has 0 saturated carbocycles. The van der Waals surface area contributed by atoms with Crippen LogP contribution in [0.25, 0.3) is 0 Å². The van der Waals surface area contributed by atoms with Gasteiger partial charge in [0, 0.05) is 6.04 Å². The smallest absolute Gasteiger partial charge is 0.0251 e. The summed E-state index contributed by atoms with van der Waals surface area (Å²) in [5, 5.41) is 0. The molecule has 58 valence electrons. The largest absolute Gasteiger partial charge is 0.324 e. The van der Waals surface area contributed by atoms with E-state index in [2.05, 4.69) is 13.2 Å². The van der Waals surface area contributed by atoms with Gasteiger partial charge in [-0.15, -0.1) is 6.58 Å². The van der Waals surface area contributed by atoms with Crippen molar-refractivity contribution >= 4 is 0 Å². The topological polar surface area (TPSA) is 26.0 Å². The van der Waals surface area contributed by atoms with Crippen LogP contribution in [0.3, 0.4) is 0 Å². The molecule has 0 bridgehead atoms. The standard InChI is InChI=1S/C9H17N/c1-7(2)5-6-9(10)8(3)4/h9H,1,3,5-6,10H2,2,4H3. The Balaban J connectivity index is 3.49. The van der Waals surface area contributed by atoms with Gasteiger partial charge in [0.15, 0.2) is 0 Å². The second kappa shape index (κ2) is 4.29. The van der Waals surface area contributed by atoms with Crippen molar-refractivity contribution in [3.63, 3.8) is 0 Å². The second-order valence-corrected chi connectivity index (χ2v) is 2.95. The lowest BCUT2D eigenvalue weighted by atomic mass is 10.0. The van der Waals surface area contributed by atoms with Crippen molar-refractivity contribution in [3.05, 3.63) is 24.3 Å². The number of rotatable bonds is 4. The first-order valence-electron chi connectivity index (χ1n) is 3.59. The van der Waals surface area contributed by atoms with Crippen LogP contribution in [0.2, 0.25) is 0 Å². The van der Waals surface area contributed by atoms with E-state index in [0.29, 0.717) is 0 Å². The van der Waals surface area contributed by atoms with E-state index in [4.69, 9.17) is 5.73 Å². The predicted molar refractivity (Wildman–Crippen MR) is 46.8 cm³/mol. The van der Waals surface area contributed by atoms with Crippen LogP contribution in [0.5, 0.6) is 0 Å². The molecule has 10 heavy (non-hydrogen) atoms. The minimum absolute atomic E-state index is 0.150. The van der Waals surface area contributed by atoms with Gasteiger partial charge in [-0.1, -0.05) is 17.7 Å². The van der Waals surface area contributed by atoms with E-state index >= 15 is 0 Å². The first-order chi connectivity index (χ1) is 4.54. The monoisotopic (exact) mass is 139 g/mol. The minimum Gasteiger partial charge on any atom is -0.324 e. The highest BCUT2D eigenvalue weighted by atomic mass is 14.6. The minimum atomic E-state index is 0.150. The Labute approximate surface area is 63.6 Å². The zero-order chi connectivity index (χ0) is 8.15. The molecule has 1 nitrogen and oxygen atoms in total. The van der Waals surface area contributed by atoms with Gasteiger partial charge in [-0.25, -0.2) is 0 Å². The number of hydrogen-bond acceptors (Lipinski definition) is 1. The number of nitrogens with two attached hydrogens (primary N) is 1. The fraction of sp³-hybridized carbons (Fsp3) is 0.556. The van der Waals surface area contributed by atoms with Crippen LogP contribution < -0.4 is 5.73 Å². The highest BCUT2D eigenvalue weighted by Crippen LogP contribution is 2.07. The Bertz CT molecular complexity index is 136. The fourth-order valence-electron chi connectivity index (χ4n) is 0.648. The van der Waals surface area contributed by atoms with Crippen molar-refractivity contribution in [2.45, 2.75) is 32.7 Å². The molecule has 0 saturated heterocycles. The van der Waals surface area contributed by atoms with Crippen LogP contribution in [-0.2, 0) is 0 Å². The van der Waals surface area contributed by atoms with Crippen LogP contribution in [0, 0.1) is 0 Å². The summed E-state index contributed by atoms with van der Waals surface area (Å²) < 4.78 is 0. The molecule has 1 unspecified atom stereocenters. The van der Waals surface area contributed by atoms with Gasteiger partial charge in [0.1, 0.15) is 0 Å². The normalized spacial score (nSPS) is 12.7. The Kier molecular flexibility index (Phi) is 4.05. The quantitative estimate of drug-likeness (QED) is 0.594. The molecule has 0 heterocycles. The maximum absolute atomic E-state index is 5.72. The van der Waals surface area contributed by atoms with E-state index in [1.807, 2.05) is 13.8 Å². The molecule has 0 spiro atoms. The lowest BCUT2D eigenvalue weighted by Crippen LogP contribution is -2.20. The molecule has 0 aliphatic rings. The summed E-state index contributed by atoms with van der Waals surface area (Å²) in [4.78, 5) is 0. The van der Waals surface area contributed by atoms with Crippen LogP contribution in [-0.4, -0.2) is 6.04 Å². The van der Waals surface area contributed by atoms with Gasteiger partial charge in [-0.3, -0.25) is 0 Å². The molecular weight excluding hydrogens is 122 g/mol. The van der Waals surface area contributed by atoms with E-state index in [-0.39, 0.29) is 6.04 Å². The summed E-state index contributed by atoms with van der Waals surface area (Å²) in [6, 6.07) is 0.150. The summed E-state index contributed by atoms with van der Waals surface area (Å²) in [5.41, 5.74) is 7.97. The third-order valence-electron chi connectivity index (χ3n) is 1.52. The first-order valence-corrected chi connectivity index (χ1v) is 3.59. The highest BCUT2D eigenvalue weighted by molar-refractivity contribution is 5.01. The van der Waals surface area contributed by atoms with Crippen molar-refractivity contribution in [2.75, 3.05) is 0 Å². The molecule has 0 rings (SSSR count). The van der Waals surface area contributed by atoms with Gasteiger partial charge < -0.3 is 5.73 Å². The van der Waals surface area contributed by atoms with Crippen molar-refractivity contribution in [3.8, 4) is 0 Å². The van der Waals surface area contributed by atoms with Crippen LogP contribution >= 0.6 is 0 Å². The average molecular weight is 139 g/mol. The van der Waals surface area contributed by atoms with E-state index in [1.54, 1.807) is 0 Å². The molecule has 1 heteroatoms. The third kappa shape index (κ3) is 4.33. The number of hydrogen-bond donors (Lipinski definition) is 1. The SMILES string of the molecule is C=C(C)CCC(N)C(=C)C. The van der Waals surface area contributed by atoms with Gasteiger partial charge in [-0.2, -0.15) is 0 Å². The van der Waals surface area contributed by atoms with Gasteiger partial charge in [0.25, 0.3) is 0 Å². The lowest BCUT2D eigenvalue weighted by Gasteiger charge is -2.09. The van der Waals surface area contributed by atoms with Gasteiger partial charge in [0.2, 0.25) is 0 Å². The average Bonchev–Trinajstić information content (AvgIpc) is 1.82. The summed E-state index contributed by atoms with van der Waals surface area (Å²) in [7, 11) is 0. The van der Waals surface area contributed by atoms with Crippen molar-refractivity contribution < 1.29 is 0 Å². The highest BCUT2D eigenvalue weighted by Gasteiger charge is 2.00. The molecular formula is C9H17N. The number of allylic oxidation sites excluding steroid dienone is 1. The van der Waals surface area contributed by atoms with E-state index in [1.165, 1.54) is 5.57 Å². The maximum Gasteiger partial charge on any atom is 0.0251 e. The maximum atomic E-state index is 5.72. The third-order valence-corrected chi connectivity index (χ3v) is 1.52. The fourth-order valence-corrected chi connectivity index (χ4v) is 0.648. The molecule has 0 aliphatic carbocycles. The Morgan fingerprint density at radius 3 is 2.20 bits per heavy atom. The molecule has 0 radical (unpaired) electrons. The zero-order valence-electron chi connectivity index (χ0n) is 6.98. The summed E-state index contributed by atoms with van der Waals surface area (Å²) in [5.74, 6) is 0. The molecule has 0 aliphatic heterocycles. The molecule has 1 atom stereocenters. The summed E-state index contributed by atoms with van der Waals surface area (Å²) >= 11 is 0. The van der Waals surface area contributed by atoms with Crippen molar-refractivity contribution in [1.29, 1.82) is 0 Å². The van der Waals surface area contributed by atoms with Gasteiger partial charge >= 0.3 is 0 Å². The van der Waals surface area contributed by atoms with Crippen LogP contribution in [0.4, 0.5) is 0 Å². The van der Waals surface area contributed by atoms with E-state index in [9.17, 15) is 0 Å². The molecule has 0 fully saturated rings. The predicted octanol–water partition coefficient (Wildman–Crippen LogP) is 2.25. The van der Waals surface area contributed by atoms with Crippen LogP contribution in [0.15, 0.2) is 24.3 Å². The van der Waals surface area contributed by atoms with Crippen LogP contribution in [0.1, 0.15) is 26.7 Å². The van der Waals surface area contributed by atoms with Crippen molar-refractivity contribution in [2.24, 2.45) is 5.73 Å². The van der Waals surface area contributed by atoms with Crippen molar-refractivity contribution in [1.82, 2.24) is 0 Å². The Morgan fingerprint density at radius 2 is 1.90 bits per heavy atom. The lowest BCUT2D eigenvalue weighted by molar-refractivity contribution is 0.687. The zero-order valence-corrected chi connectivity index (χ0v) is 6.98. The van der Waals surface area contributed by atoms with E-state index in [0.717, 1.165) is 18.4 Å². The molecule has 0 amide bonds. The Hall–Kier alpha value is -0.560. The van der Waals surface area contributed by atoms with E-state index < -0.39 is 0 Å².